The number of pyridine rings is 1. The highest BCUT2D eigenvalue weighted by atomic mass is 16.6. The van der Waals surface area contributed by atoms with Crippen molar-refractivity contribution >= 4 is 16.9 Å². The lowest BCUT2D eigenvalue weighted by Gasteiger charge is -2.29. The number of aromatic nitrogens is 1. The third-order valence-corrected chi connectivity index (χ3v) is 5.50. The summed E-state index contributed by atoms with van der Waals surface area (Å²) in [7, 11) is 0. The molecule has 1 aromatic heterocycles. The average molecular weight is 336 g/mol. The Balaban J connectivity index is 1.35. The number of hydrogen-bond donors (Lipinski definition) is 0. The van der Waals surface area contributed by atoms with Gasteiger partial charge >= 0.3 is 5.97 Å². The topological polar surface area (TPSA) is 72.2 Å². The highest BCUT2D eigenvalue weighted by molar-refractivity contribution is 5.87. The Bertz CT molecular complexity index is 830. The van der Waals surface area contributed by atoms with E-state index in [0.29, 0.717) is 11.3 Å². The third-order valence-electron chi connectivity index (χ3n) is 5.50. The van der Waals surface area contributed by atoms with E-state index in [4.69, 9.17) is 9.47 Å². The van der Waals surface area contributed by atoms with Crippen LogP contribution in [0, 0.1) is 29.1 Å². The zero-order chi connectivity index (χ0) is 17.2. The quantitative estimate of drug-likeness (QED) is 0.617. The minimum atomic E-state index is -0.0990. The summed E-state index contributed by atoms with van der Waals surface area (Å²) in [4.78, 5) is 16.4. The summed E-state index contributed by atoms with van der Waals surface area (Å²) in [6.45, 7) is 0.431. The standard InChI is InChI=1S/C20H20N2O3/c21-11-16-12-22-18-4-2-1-3-17(18)19(16)24-7-8-25-20(23)15-9-13-5-6-14(13)10-15/h1-4,12-15H,5-10H2/t13-,14+,15?. The number of carbonyl (C=O) groups excluding carboxylic acids is 1. The predicted molar refractivity (Wildman–Crippen MR) is 91.9 cm³/mol. The molecule has 2 fully saturated rings. The van der Waals surface area contributed by atoms with Gasteiger partial charge in [-0.2, -0.15) is 5.26 Å². The lowest BCUT2D eigenvalue weighted by Crippen LogP contribution is -2.18. The van der Waals surface area contributed by atoms with Crippen molar-refractivity contribution in [2.75, 3.05) is 13.2 Å². The summed E-state index contributed by atoms with van der Waals surface area (Å²) >= 11 is 0. The SMILES string of the molecule is N#Cc1cnc2ccccc2c1OCCOC(=O)C1C[C@H]2CC[C@H]2C1. The number of carbonyl (C=O) groups is 1. The Hall–Kier alpha value is -2.61. The summed E-state index contributed by atoms with van der Waals surface area (Å²) in [5.74, 6) is 1.96. The van der Waals surface area contributed by atoms with Crippen molar-refractivity contribution in [1.29, 1.82) is 5.26 Å². The van der Waals surface area contributed by atoms with E-state index in [1.165, 1.54) is 19.0 Å². The largest absolute Gasteiger partial charge is 0.488 e. The van der Waals surface area contributed by atoms with Crippen molar-refractivity contribution in [3.63, 3.8) is 0 Å². The van der Waals surface area contributed by atoms with Gasteiger partial charge in [0.15, 0.2) is 0 Å². The second-order valence-corrected chi connectivity index (χ2v) is 6.91. The molecule has 2 saturated carbocycles. The average Bonchev–Trinajstić information content (AvgIpc) is 2.93. The fourth-order valence-corrected chi connectivity index (χ4v) is 4.03. The molecule has 25 heavy (non-hydrogen) atoms. The monoisotopic (exact) mass is 336 g/mol. The molecule has 5 heteroatoms. The van der Waals surface area contributed by atoms with Crippen molar-refractivity contribution < 1.29 is 14.3 Å². The number of nitriles is 1. The molecule has 0 amide bonds. The molecule has 0 bridgehead atoms. The minimum absolute atomic E-state index is 0.0638. The van der Waals surface area contributed by atoms with Gasteiger partial charge in [-0.3, -0.25) is 9.78 Å². The van der Waals surface area contributed by atoms with Gasteiger partial charge in [0.2, 0.25) is 0 Å². The summed E-state index contributed by atoms with van der Waals surface area (Å²) in [5, 5.41) is 10.1. The zero-order valence-electron chi connectivity index (χ0n) is 14.0. The smallest absolute Gasteiger partial charge is 0.309 e. The Morgan fingerprint density at radius 2 is 1.96 bits per heavy atom. The molecule has 1 heterocycles. The molecule has 3 atom stereocenters. The van der Waals surface area contributed by atoms with Gasteiger partial charge in [0.25, 0.3) is 0 Å². The zero-order valence-corrected chi connectivity index (χ0v) is 14.0. The van der Waals surface area contributed by atoms with Crippen LogP contribution in [0.2, 0.25) is 0 Å². The molecular formula is C20H20N2O3. The molecule has 1 unspecified atom stereocenters. The van der Waals surface area contributed by atoms with Crippen LogP contribution in [0.25, 0.3) is 10.9 Å². The molecule has 0 aliphatic heterocycles. The molecule has 5 nitrogen and oxygen atoms in total. The fourth-order valence-electron chi connectivity index (χ4n) is 4.03. The summed E-state index contributed by atoms with van der Waals surface area (Å²) in [5.41, 5.74) is 1.16. The lowest BCUT2D eigenvalue weighted by atomic mass is 9.77. The number of nitrogens with zero attached hydrogens (tertiary/aromatic N) is 2. The number of rotatable bonds is 5. The van der Waals surface area contributed by atoms with Crippen molar-refractivity contribution in [2.24, 2.45) is 17.8 Å². The van der Waals surface area contributed by atoms with Crippen LogP contribution < -0.4 is 4.74 Å². The van der Waals surface area contributed by atoms with Crippen LogP contribution in [0.1, 0.15) is 31.2 Å². The molecular weight excluding hydrogens is 316 g/mol. The molecule has 4 rings (SSSR count). The number of fused-ring (bicyclic) bond motifs is 2. The van der Waals surface area contributed by atoms with Gasteiger partial charge in [-0.25, -0.2) is 0 Å². The third kappa shape index (κ3) is 3.05. The van der Waals surface area contributed by atoms with E-state index in [2.05, 4.69) is 11.1 Å². The van der Waals surface area contributed by atoms with E-state index in [0.717, 1.165) is 35.6 Å². The highest BCUT2D eigenvalue weighted by Gasteiger charge is 2.43. The molecule has 2 aromatic rings. The second kappa shape index (κ2) is 6.72. The van der Waals surface area contributed by atoms with Crippen molar-refractivity contribution in [2.45, 2.75) is 25.7 Å². The molecule has 128 valence electrons. The Labute approximate surface area is 146 Å². The Morgan fingerprint density at radius 1 is 1.20 bits per heavy atom. The first-order valence-electron chi connectivity index (χ1n) is 8.83. The number of benzene rings is 1. The van der Waals surface area contributed by atoms with E-state index in [9.17, 15) is 10.1 Å². The van der Waals surface area contributed by atoms with E-state index in [-0.39, 0.29) is 25.1 Å². The van der Waals surface area contributed by atoms with E-state index >= 15 is 0 Å². The van der Waals surface area contributed by atoms with E-state index in [1.807, 2.05) is 24.3 Å². The summed E-state index contributed by atoms with van der Waals surface area (Å²) < 4.78 is 11.2. The van der Waals surface area contributed by atoms with Gasteiger partial charge in [-0.15, -0.1) is 0 Å². The van der Waals surface area contributed by atoms with Gasteiger partial charge < -0.3 is 9.47 Å². The first kappa shape index (κ1) is 15.9. The fraction of sp³-hybridized carbons (Fsp3) is 0.450. The van der Waals surface area contributed by atoms with Crippen LogP contribution in [-0.4, -0.2) is 24.2 Å². The molecule has 1 aromatic carbocycles. The van der Waals surface area contributed by atoms with Gasteiger partial charge in [-0.1, -0.05) is 12.1 Å². The van der Waals surface area contributed by atoms with Crippen LogP contribution in [0.15, 0.2) is 30.5 Å². The highest BCUT2D eigenvalue weighted by Crippen LogP contribution is 2.49. The Morgan fingerprint density at radius 3 is 2.68 bits per heavy atom. The molecule has 2 aliphatic rings. The number of hydrogen-bond acceptors (Lipinski definition) is 5. The van der Waals surface area contributed by atoms with Crippen LogP contribution >= 0.6 is 0 Å². The van der Waals surface area contributed by atoms with Crippen LogP contribution in [0.4, 0.5) is 0 Å². The molecule has 0 saturated heterocycles. The number of ether oxygens (including phenoxy) is 2. The van der Waals surface area contributed by atoms with E-state index in [1.54, 1.807) is 0 Å². The van der Waals surface area contributed by atoms with Crippen molar-refractivity contribution in [1.82, 2.24) is 4.98 Å². The molecule has 0 spiro atoms. The first-order chi connectivity index (χ1) is 12.3. The maximum absolute atomic E-state index is 12.2. The van der Waals surface area contributed by atoms with Crippen molar-refractivity contribution in [3.05, 3.63) is 36.0 Å². The first-order valence-corrected chi connectivity index (χ1v) is 8.83. The van der Waals surface area contributed by atoms with Crippen molar-refractivity contribution in [3.8, 4) is 11.8 Å². The Kier molecular flexibility index (Phi) is 4.27. The van der Waals surface area contributed by atoms with Crippen LogP contribution in [0.3, 0.4) is 0 Å². The van der Waals surface area contributed by atoms with Crippen LogP contribution in [-0.2, 0) is 9.53 Å². The van der Waals surface area contributed by atoms with Gasteiger partial charge in [0, 0.05) is 11.6 Å². The number of esters is 1. The number of para-hydroxylation sites is 1. The second-order valence-electron chi connectivity index (χ2n) is 6.91. The lowest BCUT2D eigenvalue weighted by molar-refractivity contribution is -0.149. The maximum atomic E-state index is 12.2. The van der Waals surface area contributed by atoms with Gasteiger partial charge in [0.1, 0.15) is 30.6 Å². The van der Waals surface area contributed by atoms with E-state index < -0.39 is 0 Å². The summed E-state index contributed by atoms with van der Waals surface area (Å²) in [6, 6.07) is 9.62. The molecule has 2 aliphatic carbocycles. The molecule has 0 N–H and O–H groups in total. The van der Waals surface area contributed by atoms with Crippen LogP contribution in [0.5, 0.6) is 5.75 Å². The van der Waals surface area contributed by atoms with Gasteiger partial charge in [-0.05, 0) is 49.7 Å². The normalized spacial score (nSPS) is 24.2. The molecule has 0 radical (unpaired) electrons. The maximum Gasteiger partial charge on any atom is 0.309 e. The predicted octanol–water partition coefficient (Wildman–Crippen LogP) is 3.46. The minimum Gasteiger partial charge on any atom is -0.488 e. The van der Waals surface area contributed by atoms with Gasteiger partial charge in [0.05, 0.1) is 11.4 Å². The summed E-state index contributed by atoms with van der Waals surface area (Å²) in [6.07, 6.45) is 6.01.